The maximum Gasteiger partial charge on any atom is 3.00 e. The number of hydrogen-bond acceptors (Lipinski definition) is 3. The number of halogens is 1. The second kappa shape index (κ2) is 15.8. The largest absolute Gasteiger partial charge is 3.00 e. The van der Waals surface area contributed by atoms with Gasteiger partial charge in [-0.15, -0.1) is 0 Å². The van der Waals surface area contributed by atoms with Crippen molar-refractivity contribution in [1.82, 2.24) is 0 Å². The first kappa shape index (κ1) is 32.7. The molecule has 4 aromatic rings. The van der Waals surface area contributed by atoms with E-state index >= 15 is 0 Å². The van der Waals surface area contributed by atoms with Gasteiger partial charge in [0.25, 0.3) is 0 Å². The van der Waals surface area contributed by atoms with E-state index < -0.39 is 22.1 Å². The Labute approximate surface area is 240 Å². The van der Waals surface area contributed by atoms with Gasteiger partial charge < -0.3 is 22.9 Å². The van der Waals surface area contributed by atoms with Crippen molar-refractivity contribution in [3.63, 3.8) is 0 Å². The molecule has 7 heteroatoms. The molecular weight excluding hydrogens is 589 g/mol. The maximum absolute atomic E-state index is 12.7. The fourth-order valence-electron chi connectivity index (χ4n) is 3.52. The fraction of sp³-hybridized carbons (Fsp3) is 0.200. The number of nitrogens with zero attached hydrogens (tertiary/aromatic N) is 1. The summed E-state index contributed by atoms with van der Waals surface area (Å²) < 4.78 is 29.6. The number of aryl methyl sites for hydroxylation is 1. The van der Waals surface area contributed by atoms with Crippen molar-refractivity contribution >= 4 is 10.0 Å². The van der Waals surface area contributed by atoms with Gasteiger partial charge in [0.05, 0.1) is 0 Å². The van der Waals surface area contributed by atoms with E-state index in [0.717, 1.165) is 11.1 Å². The van der Waals surface area contributed by atoms with Crippen molar-refractivity contribution in [2.24, 2.45) is 5.73 Å². The Bertz CT molecular complexity index is 1270. The first-order valence-electron chi connectivity index (χ1n) is 11.6. The maximum atomic E-state index is 12.7. The average Bonchev–Trinajstić information content (AvgIpc) is 2.89. The zero-order valence-corrected chi connectivity index (χ0v) is 24.4. The molecular formula is C30H32ClN2O2RuS. The Hall–Kier alpha value is -2.34. The van der Waals surface area contributed by atoms with E-state index in [1.54, 1.807) is 18.2 Å². The number of rotatable bonds is 7. The second-order valence-corrected chi connectivity index (χ2v) is 10.3. The molecule has 4 nitrogen and oxygen atoms in total. The summed E-state index contributed by atoms with van der Waals surface area (Å²) >= 11 is 0. The average molecular weight is 621 g/mol. The van der Waals surface area contributed by atoms with Crippen LogP contribution in [0.2, 0.25) is 0 Å². The Morgan fingerprint density at radius 2 is 1.24 bits per heavy atom. The zero-order chi connectivity index (χ0) is 25.3. The molecule has 0 bridgehead atoms. The molecule has 0 spiro atoms. The first-order chi connectivity index (χ1) is 16.8. The van der Waals surface area contributed by atoms with E-state index in [4.69, 9.17) is 5.73 Å². The van der Waals surface area contributed by atoms with Crippen LogP contribution in [0.15, 0.2) is 114 Å². The van der Waals surface area contributed by atoms with Crippen LogP contribution in [0, 0.1) is 13.0 Å². The molecule has 0 unspecified atom stereocenters. The van der Waals surface area contributed by atoms with Gasteiger partial charge in [0.2, 0.25) is 0 Å². The molecule has 0 aliphatic rings. The van der Waals surface area contributed by atoms with Gasteiger partial charge in [-0.3, -0.25) is 0 Å². The molecule has 2 atom stereocenters. The predicted molar refractivity (Wildman–Crippen MR) is 144 cm³/mol. The van der Waals surface area contributed by atoms with Gasteiger partial charge in [-0.05, 0) is 23.6 Å². The summed E-state index contributed by atoms with van der Waals surface area (Å²) in [6.07, 6.45) is 0. The van der Waals surface area contributed by atoms with Crippen LogP contribution in [0.5, 0.6) is 0 Å². The molecule has 4 aromatic carbocycles. The zero-order valence-electron chi connectivity index (χ0n) is 21.1. The van der Waals surface area contributed by atoms with Crippen molar-refractivity contribution < 1.29 is 40.3 Å². The van der Waals surface area contributed by atoms with E-state index in [0.29, 0.717) is 5.92 Å². The van der Waals surface area contributed by atoms with Crippen LogP contribution in [0.1, 0.15) is 54.1 Å². The van der Waals surface area contributed by atoms with Crippen LogP contribution in [-0.4, -0.2) is 8.42 Å². The van der Waals surface area contributed by atoms with Crippen LogP contribution in [0.25, 0.3) is 4.72 Å². The van der Waals surface area contributed by atoms with Crippen LogP contribution < -0.4 is 18.1 Å². The number of hydrogen-bond donors (Lipinski definition) is 1. The summed E-state index contributed by atoms with van der Waals surface area (Å²) in [6, 6.07) is 35.2. The quantitative estimate of drug-likeness (QED) is 0.250. The molecule has 0 aliphatic carbocycles. The number of benzene rings is 4. The van der Waals surface area contributed by atoms with Gasteiger partial charge in [0, 0.05) is 10.9 Å². The third-order valence-electron chi connectivity index (χ3n) is 5.57. The number of nitrogens with two attached hydrogens (primary N) is 1. The minimum atomic E-state index is -3.82. The first-order valence-corrected chi connectivity index (χ1v) is 13.1. The minimum Gasteiger partial charge on any atom is -1.00 e. The Morgan fingerprint density at radius 1 is 0.757 bits per heavy atom. The van der Waals surface area contributed by atoms with E-state index in [-0.39, 0.29) is 36.8 Å². The Morgan fingerprint density at radius 3 is 1.70 bits per heavy atom. The third-order valence-corrected chi connectivity index (χ3v) is 6.95. The standard InChI is InChI=1S/C20H19N2O2S.C10H13.ClH.Ru/c21-19(16-10-4-1-5-11-16)20(17-12-6-2-7-13-17)22-25(23,24)18-14-8-3-9-15-18;1-8(2)10-6-4-9(3)5-7-10;;/h1-15,19-20H,21H2;4-6,8H,1-3H3;1H;/q2*-1;;+3/p-1/t19-,20-;;;/m0.../s1. The summed E-state index contributed by atoms with van der Waals surface area (Å²) in [7, 11) is -3.82. The predicted octanol–water partition coefficient (Wildman–Crippen LogP) is 4.11. The van der Waals surface area contributed by atoms with Crippen molar-refractivity contribution in [3.05, 3.63) is 142 Å². The van der Waals surface area contributed by atoms with Crippen LogP contribution >= 0.6 is 0 Å². The molecule has 0 saturated heterocycles. The van der Waals surface area contributed by atoms with Gasteiger partial charge in [0.1, 0.15) is 10.0 Å². The molecule has 2 N–H and O–H groups in total. The van der Waals surface area contributed by atoms with E-state index in [2.05, 4.69) is 43.7 Å². The van der Waals surface area contributed by atoms with E-state index in [1.807, 2.05) is 66.7 Å². The summed E-state index contributed by atoms with van der Waals surface area (Å²) in [5.41, 5.74) is 10.6. The van der Waals surface area contributed by atoms with Gasteiger partial charge in [-0.2, -0.15) is 35.4 Å². The van der Waals surface area contributed by atoms with Gasteiger partial charge >= 0.3 is 19.5 Å². The fourth-order valence-corrected chi connectivity index (χ4v) is 4.69. The summed E-state index contributed by atoms with van der Waals surface area (Å²) in [5, 5.41) is 0. The van der Waals surface area contributed by atoms with Crippen molar-refractivity contribution in [2.75, 3.05) is 0 Å². The SMILES string of the molecule is Cc1c[c-]c(C(C)C)cc1.N[C@@H](c1ccccc1)[C@@H]([N-]S(=O)(=O)c1ccccc1)c1ccccc1.[Cl-].[Ru+3]. The van der Waals surface area contributed by atoms with Crippen molar-refractivity contribution in [1.29, 1.82) is 0 Å². The molecule has 195 valence electrons. The van der Waals surface area contributed by atoms with Gasteiger partial charge in [0.15, 0.2) is 0 Å². The Kier molecular flexibility index (Phi) is 14.0. The molecule has 0 aromatic heterocycles. The van der Waals surface area contributed by atoms with Gasteiger partial charge in [-0.25, -0.2) is 8.42 Å². The molecule has 0 amide bonds. The van der Waals surface area contributed by atoms with E-state index in [1.165, 1.54) is 23.3 Å². The van der Waals surface area contributed by atoms with Crippen molar-refractivity contribution in [3.8, 4) is 0 Å². The smallest absolute Gasteiger partial charge is 1.00 e. The second-order valence-electron chi connectivity index (χ2n) is 8.66. The van der Waals surface area contributed by atoms with E-state index in [9.17, 15) is 8.42 Å². The third kappa shape index (κ3) is 9.81. The summed E-state index contributed by atoms with van der Waals surface area (Å²) in [4.78, 5) is 0.163. The topological polar surface area (TPSA) is 74.3 Å². The van der Waals surface area contributed by atoms with Gasteiger partial charge in [-0.1, -0.05) is 111 Å². The summed E-state index contributed by atoms with van der Waals surface area (Å²) in [6.45, 7) is 6.45. The molecule has 1 radical (unpaired) electrons. The summed E-state index contributed by atoms with van der Waals surface area (Å²) in [5.74, 6) is 0.598. The minimum absolute atomic E-state index is 0. The molecule has 4 rings (SSSR count). The van der Waals surface area contributed by atoms with Crippen LogP contribution in [0.3, 0.4) is 0 Å². The van der Waals surface area contributed by atoms with Crippen LogP contribution in [0.4, 0.5) is 0 Å². The molecule has 0 saturated carbocycles. The normalized spacial score (nSPS) is 12.2. The van der Waals surface area contributed by atoms with Crippen LogP contribution in [-0.2, 0) is 29.5 Å². The van der Waals surface area contributed by atoms with Crippen molar-refractivity contribution in [2.45, 2.75) is 43.7 Å². The molecule has 0 fully saturated rings. The Balaban J connectivity index is 0.000000485. The molecule has 37 heavy (non-hydrogen) atoms. The number of sulfonamides is 1. The monoisotopic (exact) mass is 621 g/mol. The molecule has 0 aliphatic heterocycles. The molecule has 0 heterocycles.